The molecule has 3 nitrogen and oxygen atoms in total. The lowest BCUT2D eigenvalue weighted by Crippen LogP contribution is -2.15. The molecule has 1 saturated carbocycles. The van der Waals surface area contributed by atoms with Crippen molar-refractivity contribution in [2.75, 3.05) is 5.32 Å². The minimum atomic E-state index is -0.288. The standard InChI is InChI=1S/C14H17FN2O/c1-9(2-3-10-4-5-10)16-14-17-12-8-11(15)6-7-13(12)18-14/h6-10H,2-5H2,1H3,(H,16,17). The average Bonchev–Trinajstić information content (AvgIpc) is 3.07. The Kier molecular flexibility index (Phi) is 2.94. The third-order valence-corrected chi connectivity index (χ3v) is 3.42. The average molecular weight is 248 g/mol. The molecule has 0 aliphatic heterocycles. The molecule has 4 heteroatoms. The smallest absolute Gasteiger partial charge is 0.295 e. The third-order valence-electron chi connectivity index (χ3n) is 3.42. The molecule has 0 amide bonds. The van der Waals surface area contributed by atoms with E-state index in [-0.39, 0.29) is 5.82 Å². The number of fused-ring (bicyclic) bond motifs is 1. The lowest BCUT2D eigenvalue weighted by molar-refractivity contribution is 0.565. The highest BCUT2D eigenvalue weighted by Gasteiger charge is 2.21. The first kappa shape index (κ1) is 11.5. The van der Waals surface area contributed by atoms with Gasteiger partial charge < -0.3 is 9.73 Å². The van der Waals surface area contributed by atoms with E-state index in [4.69, 9.17) is 4.42 Å². The molecule has 1 aliphatic rings. The fraction of sp³-hybridized carbons (Fsp3) is 0.500. The van der Waals surface area contributed by atoms with Crippen LogP contribution in [0, 0.1) is 11.7 Å². The van der Waals surface area contributed by atoms with E-state index in [1.165, 1.54) is 31.4 Å². The van der Waals surface area contributed by atoms with Crippen molar-refractivity contribution in [1.82, 2.24) is 4.98 Å². The van der Waals surface area contributed by atoms with Crippen LogP contribution in [0.2, 0.25) is 0 Å². The number of halogens is 1. The molecule has 0 radical (unpaired) electrons. The number of rotatable bonds is 5. The summed E-state index contributed by atoms with van der Waals surface area (Å²) >= 11 is 0. The van der Waals surface area contributed by atoms with Gasteiger partial charge in [-0.2, -0.15) is 4.98 Å². The van der Waals surface area contributed by atoms with E-state index in [1.54, 1.807) is 6.07 Å². The van der Waals surface area contributed by atoms with Crippen LogP contribution in [0.4, 0.5) is 10.4 Å². The summed E-state index contributed by atoms with van der Waals surface area (Å²) in [6, 6.07) is 5.20. The summed E-state index contributed by atoms with van der Waals surface area (Å²) in [5.41, 5.74) is 1.18. The topological polar surface area (TPSA) is 38.1 Å². The van der Waals surface area contributed by atoms with Gasteiger partial charge in [-0.15, -0.1) is 0 Å². The maximum atomic E-state index is 13.0. The van der Waals surface area contributed by atoms with Crippen molar-refractivity contribution in [3.05, 3.63) is 24.0 Å². The zero-order valence-corrected chi connectivity index (χ0v) is 10.4. The molecule has 18 heavy (non-hydrogen) atoms. The molecular formula is C14H17FN2O. The number of anilines is 1. The molecule has 1 atom stereocenters. The Bertz CT molecular complexity index is 548. The van der Waals surface area contributed by atoms with Gasteiger partial charge in [0.25, 0.3) is 6.01 Å². The number of aromatic nitrogens is 1. The molecule has 1 aromatic heterocycles. The number of benzene rings is 1. The van der Waals surface area contributed by atoms with Crippen LogP contribution in [-0.4, -0.2) is 11.0 Å². The molecule has 1 fully saturated rings. The van der Waals surface area contributed by atoms with Crippen LogP contribution in [0.25, 0.3) is 11.1 Å². The van der Waals surface area contributed by atoms with Gasteiger partial charge in [0.15, 0.2) is 5.58 Å². The predicted molar refractivity (Wildman–Crippen MR) is 69.0 cm³/mol. The van der Waals surface area contributed by atoms with Gasteiger partial charge in [-0.1, -0.05) is 12.8 Å². The largest absolute Gasteiger partial charge is 0.424 e. The molecular weight excluding hydrogens is 231 g/mol. The second-order valence-electron chi connectivity index (χ2n) is 5.20. The summed E-state index contributed by atoms with van der Waals surface area (Å²) in [5, 5.41) is 3.23. The van der Waals surface area contributed by atoms with E-state index in [0.29, 0.717) is 23.2 Å². The second kappa shape index (κ2) is 4.59. The Hall–Kier alpha value is -1.58. The molecule has 1 aliphatic carbocycles. The van der Waals surface area contributed by atoms with Crippen LogP contribution in [0.3, 0.4) is 0 Å². The zero-order chi connectivity index (χ0) is 12.5. The van der Waals surface area contributed by atoms with Crippen LogP contribution in [0.5, 0.6) is 0 Å². The van der Waals surface area contributed by atoms with Crippen LogP contribution < -0.4 is 5.32 Å². The van der Waals surface area contributed by atoms with Crippen molar-refractivity contribution in [1.29, 1.82) is 0 Å². The van der Waals surface area contributed by atoms with Crippen molar-refractivity contribution in [3.8, 4) is 0 Å². The van der Waals surface area contributed by atoms with E-state index in [0.717, 1.165) is 12.3 Å². The Morgan fingerprint density at radius 1 is 1.50 bits per heavy atom. The molecule has 2 aromatic rings. The monoisotopic (exact) mass is 248 g/mol. The van der Waals surface area contributed by atoms with Gasteiger partial charge in [0.05, 0.1) is 0 Å². The van der Waals surface area contributed by atoms with Gasteiger partial charge in [0, 0.05) is 12.1 Å². The van der Waals surface area contributed by atoms with Crippen molar-refractivity contribution in [2.24, 2.45) is 5.92 Å². The normalized spacial score (nSPS) is 17.0. The highest BCUT2D eigenvalue weighted by molar-refractivity contribution is 5.74. The number of oxazole rings is 1. The summed E-state index contributed by atoms with van der Waals surface area (Å²) in [5.74, 6) is 0.649. The molecule has 1 N–H and O–H groups in total. The number of nitrogens with one attached hydrogen (secondary N) is 1. The summed E-state index contributed by atoms with van der Waals surface area (Å²) in [6.07, 6.45) is 5.16. The maximum absolute atomic E-state index is 13.0. The minimum absolute atomic E-state index is 0.288. The van der Waals surface area contributed by atoms with Gasteiger partial charge in [-0.05, 0) is 37.8 Å². The van der Waals surface area contributed by atoms with Crippen LogP contribution in [-0.2, 0) is 0 Å². The fourth-order valence-electron chi connectivity index (χ4n) is 2.14. The highest BCUT2D eigenvalue weighted by Crippen LogP contribution is 2.34. The SMILES string of the molecule is CC(CCC1CC1)Nc1nc2cc(F)ccc2o1. The first-order valence-corrected chi connectivity index (χ1v) is 6.53. The van der Waals surface area contributed by atoms with E-state index in [9.17, 15) is 4.39 Å². The molecule has 1 heterocycles. The van der Waals surface area contributed by atoms with E-state index < -0.39 is 0 Å². The van der Waals surface area contributed by atoms with Crippen molar-refractivity contribution < 1.29 is 8.81 Å². The quantitative estimate of drug-likeness (QED) is 0.870. The third kappa shape index (κ3) is 2.63. The molecule has 0 saturated heterocycles. The zero-order valence-electron chi connectivity index (χ0n) is 10.4. The van der Waals surface area contributed by atoms with E-state index >= 15 is 0 Å². The molecule has 0 bridgehead atoms. The van der Waals surface area contributed by atoms with Gasteiger partial charge in [0.1, 0.15) is 11.3 Å². The Morgan fingerprint density at radius 2 is 2.33 bits per heavy atom. The van der Waals surface area contributed by atoms with E-state index in [1.807, 2.05) is 0 Å². The first-order valence-electron chi connectivity index (χ1n) is 6.53. The van der Waals surface area contributed by atoms with Gasteiger partial charge in [0.2, 0.25) is 0 Å². The lowest BCUT2D eigenvalue weighted by Gasteiger charge is -2.10. The molecule has 96 valence electrons. The van der Waals surface area contributed by atoms with Gasteiger partial charge >= 0.3 is 0 Å². The molecule has 3 rings (SSSR count). The van der Waals surface area contributed by atoms with Crippen molar-refractivity contribution in [2.45, 2.75) is 38.6 Å². The molecule has 0 spiro atoms. The molecule has 1 unspecified atom stereocenters. The van der Waals surface area contributed by atoms with E-state index in [2.05, 4.69) is 17.2 Å². The first-order chi connectivity index (χ1) is 8.70. The molecule has 1 aromatic carbocycles. The summed E-state index contributed by atoms with van der Waals surface area (Å²) in [6.45, 7) is 2.12. The Labute approximate surface area is 105 Å². The summed E-state index contributed by atoms with van der Waals surface area (Å²) in [7, 11) is 0. The number of hydrogen-bond acceptors (Lipinski definition) is 3. The second-order valence-corrected chi connectivity index (χ2v) is 5.20. The maximum Gasteiger partial charge on any atom is 0.295 e. The highest BCUT2D eigenvalue weighted by atomic mass is 19.1. The number of nitrogens with zero attached hydrogens (tertiary/aromatic N) is 1. The Balaban J connectivity index is 1.65. The van der Waals surface area contributed by atoms with Crippen LogP contribution in [0.1, 0.15) is 32.6 Å². The van der Waals surface area contributed by atoms with Crippen molar-refractivity contribution >= 4 is 17.1 Å². The van der Waals surface area contributed by atoms with Gasteiger partial charge in [-0.3, -0.25) is 0 Å². The Morgan fingerprint density at radius 3 is 3.11 bits per heavy atom. The summed E-state index contributed by atoms with van der Waals surface area (Å²) in [4.78, 5) is 4.24. The van der Waals surface area contributed by atoms with Gasteiger partial charge in [-0.25, -0.2) is 4.39 Å². The van der Waals surface area contributed by atoms with Crippen LogP contribution in [0.15, 0.2) is 22.6 Å². The summed E-state index contributed by atoms with van der Waals surface area (Å²) < 4.78 is 18.6. The minimum Gasteiger partial charge on any atom is -0.424 e. The fourth-order valence-corrected chi connectivity index (χ4v) is 2.14. The number of hydrogen-bond donors (Lipinski definition) is 1. The lowest BCUT2D eigenvalue weighted by atomic mass is 10.1. The van der Waals surface area contributed by atoms with Crippen LogP contribution >= 0.6 is 0 Å². The predicted octanol–water partition coefficient (Wildman–Crippen LogP) is 3.96. The van der Waals surface area contributed by atoms with Crippen molar-refractivity contribution in [3.63, 3.8) is 0 Å².